The topological polar surface area (TPSA) is 41.1 Å². The second kappa shape index (κ2) is 7.95. The molecule has 3 heteroatoms. The highest BCUT2D eigenvalue weighted by molar-refractivity contribution is 5.81. The van der Waals surface area contributed by atoms with Crippen LogP contribution in [0.2, 0.25) is 0 Å². The molecule has 1 amide bonds. The summed E-state index contributed by atoms with van der Waals surface area (Å²) >= 11 is 0. The van der Waals surface area contributed by atoms with Gasteiger partial charge in [0, 0.05) is 12.6 Å². The summed E-state index contributed by atoms with van der Waals surface area (Å²) in [6.45, 7) is 8.93. The Labute approximate surface area is 116 Å². The zero-order valence-corrected chi connectivity index (χ0v) is 12.4. The molecule has 0 fully saturated rings. The van der Waals surface area contributed by atoms with Crippen molar-refractivity contribution in [1.29, 1.82) is 0 Å². The SMILES string of the molecule is CCNC(=O)C(C)NC(CC(C)C)c1ccccc1. The van der Waals surface area contributed by atoms with E-state index in [0.717, 1.165) is 6.42 Å². The second-order valence-corrected chi connectivity index (χ2v) is 5.38. The van der Waals surface area contributed by atoms with E-state index in [-0.39, 0.29) is 18.0 Å². The monoisotopic (exact) mass is 262 g/mol. The normalized spacial score (nSPS) is 14.2. The molecule has 0 aliphatic heterocycles. The molecule has 2 N–H and O–H groups in total. The largest absolute Gasteiger partial charge is 0.355 e. The van der Waals surface area contributed by atoms with Crippen LogP contribution >= 0.6 is 0 Å². The molecule has 0 heterocycles. The van der Waals surface area contributed by atoms with Gasteiger partial charge in [-0.1, -0.05) is 44.2 Å². The summed E-state index contributed by atoms with van der Waals surface area (Å²) in [5.74, 6) is 0.645. The smallest absolute Gasteiger partial charge is 0.236 e. The molecule has 0 radical (unpaired) electrons. The Kier molecular flexibility index (Phi) is 6.57. The third-order valence-electron chi connectivity index (χ3n) is 3.10. The summed E-state index contributed by atoms with van der Waals surface area (Å²) in [6, 6.07) is 10.4. The van der Waals surface area contributed by atoms with Gasteiger partial charge in [-0.05, 0) is 31.7 Å². The summed E-state index contributed by atoms with van der Waals surface area (Å²) in [7, 11) is 0. The van der Waals surface area contributed by atoms with Crippen LogP contribution in [-0.2, 0) is 4.79 Å². The lowest BCUT2D eigenvalue weighted by molar-refractivity contribution is -0.122. The molecule has 0 bridgehead atoms. The van der Waals surface area contributed by atoms with Crippen molar-refractivity contribution in [2.24, 2.45) is 5.92 Å². The molecule has 2 atom stereocenters. The predicted octanol–water partition coefficient (Wildman–Crippen LogP) is 2.89. The molecule has 1 aromatic carbocycles. The van der Waals surface area contributed by atoms with Crippen molar-refractivity contribution >= 4 is 5.91 Å². The minimum absolute atomic E-state index is 0.0622. The summed E-state index contributed by atoms with van der Waals surface area (Å²) in [5, 5.41) is 6.29. The number of nitrogens with one attached hydrogen (secondary N) is 2. The first-order valence-electron chi connectivity index (χ1n) is 7.13. The van der Waals surface area contributed by atoms with Gasteiger partial charge in [-0.25, -0.2) is 0 Å². The van der Waals surface area contributed by atoms with Gasteiger partial charge in [0.05, 0.1) is 6.04 Å². The third kappa shape index (κ3) is 5.43. The molecule has 0 aliphatic carbocycles. The number of benzene rings is 1. The van der Waals surface area contributed by atoms with Crippen molar-refractivity contribution in [2.75, 3.05) is 6.54 Å². The van der Waals surface area contributed by atoms with E-state index in [1.165, 1.54) is 5.56 Å². The third-order valence-corrected chi connectivity index (χ3v) is 3.10. The molecule has 0 saturated carbocycles. The van der Waals surface area contributed by atoms with E-state index in [4.69, 9.17) is 0 Å². The molecule has 1 aromatic rings. The number of amides is 1. The minimum Gasteiger partial charge on any atom is -0.355 e. The van der Waals surface area contributed by atoms with Crippen molar-refractivity contribution in [3.05, 3.63) is 35.9 Å². The lowest BCUT2D eigenvalue weighted by Crippen LogP contribution is -2.43. The van der Waals surface area contributed by atoms with E-state index in [2.05, 4.69) is 36.6 Å². The highest BCUT2D eigenvalue weighted by Crippen LogP contribution is 2.21. The summed E-state index contributed by atoms with van der Waals surface area (Å²) in [6.07, 6.45) is 1.02. The molecule has 0 spiro atoms. The highest BCUT2D eigenvalue weighted by atomic mass is 16.2. The number of hydrogen-bond donors (Lipinski definition) is 2. The Morgan fingerprint density at radius 1 is 1.16 bits per heavy atom. The zero-order chi connectivity index (χ0) is 14.3. The summed E-state index contributed by atoms with van der Waals surface area (Å²) < 4.78 is 0. The fraction of sp³-hybridized carbons (Fsp3) is 0.562. The first-order valence-corrected chi connectivity index (χ1v) is 7.13. The van der Waals surface area contributed by atoms with E-state index in [1.54, 1.807) is 0 Å². The van der Waals surface area contributed by atoms with E-state index in [9.17, 15) is 4.79 Å². The average Bonchev–Trinajstić information content (AvgIpc) is 2.38. The van der Waals surface area contributed by atoms with Gasteiger partial charge in [0.15, 0.2) is 0 Å². The first-order chi connectivity index (χ1) is 9.04. The predicted molar refractivity (Wildman–Crippen MR) is 79.9 cm³/mol. The maximum Gasteiger partial charge on any atom is 0.236 e. The Morgan fingerprint density at radius 2 is 1.79 bits per heavy atom. The van der Waals surface area contributed by atoms with Crippen molar-refractivity contribution in [1.82, 2.24) is 10.6 Å². The lowest BCUT2D eigenvalue weighted by Gasteiger charge is -2.24. The van der Waals surface area contributed by atoms with Crippen LogP contribution in [0.15, 0.2) is 30.3 Å². The Bertz CT molecular complexity index is 376. The van der Waals surface area contributed by atoms with Gasteiger partial charge in [-0.3, -0.25) is 10.1 Å². The molecule has 2 unspecified atom stereocenters. The minimum atomic E-state index is -0.177. The molecular formula is C16H26N2O. The zero-order valence-electron chi connectivity index (χ0n) is 12.4. The Morgan fingerprint density at radius 3 is 2.32 bits per heavy atom. The van der Waals surface area contributed by atoms with Gasteiger partial charge < -0.3 is 5.32 Å². The van der Waals surface area contributed by atoms with E-state index >= 15 is 0 Å². The molecule has 3 nitrogen and oxygen atoms in total. The molecular weight excluding hydrogens is 236 g/mol. The first kappa shape index (κ1) is 15.7. The van der Waals surface area contributed by atoms with Gasteiger partial charge in [0.1, 0.15) is 0 Å². The molecule has 1 rings (SSSR count). The van der Waals surface area contributed by atoms with Crippen LogP contribution in [0.25, 0.3) is 0 Å². The van der Waals surface area contributed by atoms with E-state index < -0.39 is 0 Å². The van der Waals surface area contributed by atoms with Gasteiger partial charge in [-0.2, -0.15) is 0 Å². The Balaban J connectivity index is 2.73. The van der Waals surface area contributed by atoms with Crippen molar-refractivity contribution in [2.45, 2.75) is 46.2 Å². The molecule has 0 aliphatic rings. The van der Waals surface area contributed by atoms with Gasteiger partial charge >= 0.3 is 0 Å². The van der Waals surface area contributed by atoms with E-state index in [0.29, 0.717) is 12.5 Å². The molecule has 19 heavy (non-hydrogen) atoms. The van der Waals surface area contributed by atoms with Gasteiger partial charge in [-0.15, -0.1) is 0 Å². The molecule has 0 aromatic heterocycles. The van der Waals surface area contributed by atoms with Gasteiger partial charge in [0.25, 0.3) is 0 Å². The Hall–Kier alpha value is -1.35. The van der Waals surface area contributed by atoms with Gasteiger partial charge in [0.2, 0.25) is 5.91 Å². The van der Waals surface area contributed by atoms with Crippen molar-refractivity contribution in [3.8, 4) is 0 Å². The van der Waals surface area contributed by atoms with Crippen LogP contribution < -0.4 is 10.6 Å². The fourth-order valence-electron chi connectivity index (χ4n) is 2.16. The lowest BCUT2D eigenvalue weighted by atomic mass is 9.96. The maximum absolute atomic E-state index is 11.8. The van der Waals surface area contributed by atoms with Crippen LogP contribution in [0, 0.1) is 5.92 Å². The standard InChI is InChI=1S/C16H26N2O/c1-5-17-16(19)13(4)18-15(11-12(2)3)14-9-7-6-8-10-14/h6-10,12-13,15,18H,5,11H2,1-4H3,(H,17,19). The molecule has 0 saturated heterocycles. The van der Waals surface area contributed by atoms with Crippen LogP contribution in [0.1, 0.15) is 45.7 Å². The number of carbonyl (C=O) groups is 1. The molecule has 106 valence electrons. The second-order valence-electron chi connectivity index (χ2n) is 5.38. The van der Waals surface area contributed by atoms with Crippen LogP contribution in [0.3, 0.4) is 0 Å². The van der Waals surface area contributed by atoms with Crippen molar-refractivity contribution in [3.63, 3.8) is 0 Å². The highest BCUT2D eigenvalue weighted by Gasteiger charge is 2.19. The quantitative estimate of drug-likeness (QED) is 0.793. The van der Waals surface area contributed by atoms with Crippen LogP contribution in [0.4, 0.5) is 0 Å². The summed E-state index contributed by atoms with van der Waals surface area (Å²) in [4.78, 5) is 11.8. The average molecular weight is 262 g/mol. The van der Waals surface area contributed by atoms with Crippen LogP contribution in [-0.4, -0.2) is 18.5 Å². The number of carbonyl (C=O) groups excluding carboxylic acids is 1. The number of likely N-dealkylation sites (N-methyl/N-ethyl adjacent to an activating group) is 1. The van der Waals surface area contributed by atoms with Crippen molar-refractivity contribution < 1.29 is 4.79 Å². The number of hydrogen-bond acceptors (Lipinski definition) is 2. The fourth-order valence-corrected chi connectivity index (χ4v) is 2.16. The maximum atomic E-state index is 11.8. The number of rotatable bonds is 7. The summed E-state index contributed by atoms with van der Waals surface area (Å²) in [5.41, 5.74) is 1.24. The van der Waals surface area contributed by atoms with E-state index in [1.807, 2.05) is 32.0 Å². The van der Waals surface area contributed by atoms with Crippen LogP contribution in [0.5, 0.6) is 0 Å².